The van der Waals surface area contributed by atoms with Crippen LogP contribution >= 0.6 is 11.6 Å². The van der Waals surface area contributed by atoms with E-state index in [1.165, 1.54) is 0 Å². The Morgan fingerprint density at radius 2 is 2.20 bits per heavy atom. The van der Waals surface area contributed by atoms with E-state index < -0.39 is 0 Å². The first-order valence-corrected chi connectivity index (χ1v) is 3.60. The zero-order valence-corrected chi connectivity index (χ0v) is 6.36. The van der Waals surface area contributed by atoms with E-state index in [1.807, 2.05) is 24.3 Å². The first-order valence-electron chi connectivity index (χ1n) is 3.22. The zero-order chi connectivity index (χ0) is 7.40. The van der Waals surface area contributed by atoms with Crippen LogP contribution in [0.15, 0.2) is 24.3 Å². The van der Waals surface area contributed by atoms with E-state index in [2.05, 4.69) is 0 Å². The van der Waals surface area contributed by atoms with Gasteiger partial charge in [0.1, 0.15) is 0 Å². The summed E-state index contributed by atoms with van der Waals surface area (Å²) in [5, 5.41) is 0.756. The summed E-state index contributed by atoms with van der Waals surface area (Å²) in [5.74, 6) is 0. The topological polar surface area (TPSA) is 23.8 Å². The second-order valence-corrected chi connectivity index (χ2v) is 2.57. The Hall–Kier alpha value is -0.530. The Morgan fingerprint density at radius 1 is 1.40 bits per heavy atom. The highest BCUT2D eigenvalue weighted by molar-refractivity contribution is 6.30. The van der Waals surface area contributed by atoms with Crippen molar-refractivity contribution in [2.24, 2.45) is 0 Å². The molecule has 2 heteroatoms. The highest BCUT2D eigenvalue weighted by atomic mass is 35.5. The third-order valence-electron chi connectivity index (χ3n) is 1.30. The van der Waals surface area contributed by atoms with Gasteiger partial charge in [-0.3, -0.25) is 5.73 Å². The van der Waals surface area contributed by atoms with Crippen LogP contribution in [0, 0.1) is 0 Å². The quantitative estimate of drug-likeness (QED) is 0.624. The van der Waals surface area contributed by atoms with Crippen molar-refractivity contribution < 1.29 is 0 Å². The minimum atomic E-state index is 0.431. The molecule has 1 aromatic rings. The van der Waals surface area contributed by atoms with E-state index in [4.69, 9.17) is 17.3 Å². The van der Waals surface area contributed by atoms with Gasteiger partial charge in [0.25, 0.3) is 0 Å². The van der Waals surface area contributed by atoms with Gasteiger partial charge in [-0.05, 0) is 24.1 Å². The summed E-state index contributed by atoms with van der Waals surface area (Å²) in [6.07, 6.45) is 0.792. The highest BCUT2D eigenvalue weighted by Crippen LogP contribution is 2.10. The molecular formula is C8H9ClN. The second-order valence-electron chi connectivity index (χ2n) is 2.13. The fourth-order valence-corrected chi connectivity index (χ4v) is 1.05. The molecule has 0 fully saturated rings. The molecule has 0 aliphatic rings. The van der Waals surface area contributed by atoms with Crippen LogP contribution in [0.1, 0.15) is 5.56 Å². The molecule has 1 N–H and O–H groups in total. The molecule has 0 heterocycles. The molecule has 1 nitrogen and oxygen atoms in total. The summed E-state index contributed by atoms with van der Waals surface area (Å²) in [6.45, 7) is 0.431. The molecule has 0 spiro atoms. The smallest absolute Gasteiger partial charge is 0.0408 e. The lowest BCUT2D eigenvalue weighted by Crippen LogP contribution is -1.90. The van der Waals surface area contributed by atoms with Gasteiger partial charge < -0.3 is 0 Å². The van der Waals surface area contributed by atoms with Crippen LogP contribution in [0.2, 0.25) is 5.02 Å². The molecule has 0 unspecified atom stereocenters. The van der Waals surface area contributed by atoms with Crippen LogP contribution in [-0.4, -0.2) is 6.54 Å². The van der Waals surface area contributed by atoms with Gasteiger partial charge in [0.15, 0.2) is 0 Å². The van der Waals surface area contributed by atoms with E-state index in [0.29, 0.717) is 6.54 Å². The molecule has 1 rings (SSSR count). The monoisotopic (exact) mass is 154 g/mol. The predicted octanol–water partition coefficient (Wildman–Crippen LogP) is 2.17. The Balaban J connectivity index is 2.75. The van der Waals surface area contributed by atoms with Gasteiger partial charge in [0.2, 0.25) is 0 Å². The van der Waals surface area contributed by atoms with E-state index in [0.717, 1.165) is 17.0 Å². The fraction of sp³-hybridized carbons (Fsp3) is 0.250. The van der Waals surface area contributed by atoms with E-state index >= 15 is 0 Å². The number of rotatable bonds is 2. The van der Waals surface area contributed by atoms with Crippen LogP contribution in [-0.2, 0) is 6.42 Å². The lowest BCUT2D eigenvalue weighted by Gasteiger charge is -1.96. The summed E-state index contributed by atoms with van der Waals surface area (Å²) in [7, 11) is 0. The Labute approximate surface area is 65.8 Å². The number of nitrogens with one attached hydrogen (secondary N) is 1. The molecule has 0 aromatic heterocycles. The average molecular weight is 155 g/mol. The van der Waals surface area contributed by atoms with Crippen molar-refractivity contribution >= 4 is 11.6 Å². The van der Waals surface area contributed by atoms with Crippen LogP contribution in [0.4, 0.5) is 0 Å². The average Bonchev–Trinajstić information content (AvgIpc) is 1.88. The van der Waals surface area contributed by atoms with Crippen LogP contribution in [0.5, 0.6) is 0 Å². The Kier molecular flexibility index (Phi) is 2.72. The summed E-state index contributed by atoms with van der Waals surface area (Å²) >= 11 is 5.72. The van der Waals surface area contributed by atoms with Gasteiger partial charge in [-0.2, -0.15) is 0 Å². The summed E-state index contributed by atoms with van der Waals surface area (Å²) in [6, 6.07) is 7.64. The van der Waals surface area contributed by atoms with Crippen molar-refractivity contribution in [3.63, 3.8) is 0 Å². The maximum Gasteiger partial charge on any atom is 0.0408 e. The molecule has 1 radical (unpaired) electrons. The molecule has 0 bridgehead atoms. The molecule has 53 valence electrons. The van der Waals surface area contributed by atoms with Gasteiger partial charge in [-0.15, -0.1) is 0 Å². The summed E-state index contributed by atoms with van der Waals surface area (Å²) < 4.78 is 0. The minimum absolute atomic E-state index is 0.431. The Morgan fingerprint density at radius 3 is 2.80 bits per heavy atom. The summed E-state index contributed by atoms with van der Waals surface area (Å²) in [4.78, 5) is 0. The largest absolute Gasteiger partial charge is 0.258 e. The normalized spacial score (nSPS) is 9.80. The standard InChI is InChI=1S/C8H9ClN/c9-8-3-1-2-7(6-8)4-5-10/h1-3,6,10H,4-5H2. The first-order chi connectivity index (χ1) is 4.83. The second kappa shape index (κ2) is 3.59. The van der Waals surface area contributed by atoms with Gasteiger partial charge >= 0.3 is 0 Å². The minimum Gasteiger partial charge on any atom is -0.258 e. The Bertz CT molecular complexity index is 210. The van der Waals surface area contributed by atoms with Crippen molar-refractivity contribution in [1.29, 1.82) is 0 Å². The number of hydrogen-bond acceptors (Lipinski definition) is 0. The predicted molar refractivity (Wildman–Crippen MR) is 43.1 cm³/mol. The third kappa shape index (κ3) is 2.01. The van der Waals surface area contributed by atoms with Crippen LogP contribution < -0.4 is 5.73 Å². The molecule has 0 amide bonds. The van der Waals surface area contributed by atoms with Crippen molar-refractivity contribution in [2.75, 3.05) is 6.54 Å². The molecule has 10 heavy (non-hydrogen) atoms. The van der Waals surface area contributed by atoms with Crippen molar-refractivity contribution in [3.05, 3.63) is 34.9 Å². The van der Waals surface area contributed by atoms with Crippen LogP contribution in [0.25, 0.3) is 0 Å². The van der Waals surface area contributed by atoms with Gasteiger partial charge in [0, 0.05) is 11.6 Å². The van der Waals surface area contributed by atoms with E-state index in [1.54, 1.807) is 0 Å². The SMILES string of the molecule is [NH]CCc1cccc(Cl)c1. The summed E-state index contributed by atoms with van der Waals surface area (Å²) in [5.41, 5.74) is 8.11. The molecule has 1 aromatic carbocycles. The van der Waals surface area contributed by atoms with Gasteiger partial charge in [0.05, 0.1) is 0 Å². The van der Waals surface area contributed by atoms with E-state index in [-0.39, 0.29) is 0 Å². The lowest BCUT2D eigenvalue weighted by molar-refractivity contribution is 0.941. The highest BCUT2D eigenvalue weighted by Gasteiger charge is 1.90. The van der Waals surface area contributed by atoms with Gasteiger partial charge in [-0.25, -0.2) is 0 Å². The van der Waals surface area contributed by atoms with Crippen molar-refractivity contribution in [3.8, 4) is 0 Å². The molecule has 0 atom stereocenters. The van der Waals surface area contributed by atoms with Gasteiger partial charge in [-0.1, -0.05) is 23.7 Å². The number of benzene rings is 1. The van der Waals surface area contributed by atoms with Crippen LogP contribution in [0.3, 0.4) is 0 Å². The van der Waals surface area contributed by atoms with Crippen molar-refractivity contribution in [2.45, 2.75) is 6.42 Å². The lowest BCUT2D eigenvalue weighted by atomic mass is 10.2. The number of halogens is 1. The molecular weight excluding hydrogens is 146 g/mol. The maximum atomic E-state index is 6.97. The molecule has 0 saturated heterocycles. The van der Waals surface area contributed by atoms with E-state index in [9.17, 15) is 0 Å². The fourth-order valence-electron chi connectivity index (χ4n) is 0.837. The molecule has 0 saturated carbocycles. The zero-order valence-electron chi connectivity index (χ0n) is 5.60. The molecule has 0 aliphatic heterocycles. The van der Waals surface area contributed by atoms with Crippen molar-refractivity contribution in [1.82, 2.24) is 5.73 Å². The number of hydrogen-bond donors (Lipinski definition) is 0. The molecule has 0 aliphatic carbocycles. The third-order valence-corrected chi connectivity index (χ3v) is 1.54. The maximum absolute atomic E-state index is 6.97. The first kappa shape index (κ1) is 7.58.